The molecule has 0 aliphatic heterocycles. The van der Waals surface area contributed by atoms with Crippen LogP contribution >= 0.6 is 38.5 Å². The fourth-order valence-electron chi connectivity index (χ4n) is 1.76. The molecule has 0 bridgehead atoms. The van der Waals surface area contributed by atoms with E-state index in [4.69, 9.17) is 5.73 Å². The number of nitrogens with two attached hydrogens (primary N) is 1. The second-order valence-electron chi connectivity index (χ2n) is 4.29. The Hall–Kier alpha value is -1.15. The molecule has 0 heterocycles. The van der Waals surface area contributed by atoms with Crippen LogP contribution in [-0.2, 0) is 0 Å². The van der Waals surface area contributed by atoms with Gasteiger partial charge in [0, 0.05) is 8.04 Å². The van der Waals surface area contributed by atoms with Crippen molar-refractivity contribution < 1.29 is 9.18 Å². The topological polar surface area (TPSA) is 55.1 Å². The van der Waals surface area contributed by atoms with Gasteiger partial charge in [0.05, 0.1) is 16.9 Å². The van der Waals surface area contributed by atoms with Gasteiger partial charge in [-0.15, -0.1) is 0 Å². The largest absolute Gasteiger partial charge is 0.397 e. The Morgan fingerprint density at radius 3 is 2.65 bits per heavy atom. The molecule has 3 nitrogen and oxygen atoms in total. The fourth-order valence-corrected chi connectivity index (χ4v) is 3.17. The first-order valence-corrected chi connectivity index (χ1v) is 7.57. The van der Waals surface area contributed by atoms with Gasteiger partial charge in [-0.1, -0.05) is 0 Å². The number of carbonyl (C=O) groups is 1. The summed E-state index contributed by atoms with van der Waals surface area (Å²) in [5.74, 6) is -0.701. The molecule has 3 N–H and O–H groups in total. The highest BCUT2D eigenvalue weighted by molar-refractivity contribution is 14.1. The van der Waals surface area contributed by atoms with Crippen molar-refractivity contribution >= 4 is 55.8 Å². The Kier molecular flexibility index (Phi) is 4.64. The summed E-state index contributed by atoms with van der Waals surface area (Å²) in [7, 11) is 0. The van der Waals surface area contributed by atoms with Crippen molar-refractivity contribution in [1.29, 1.82) is 0 Å². The lowest BCUT2D eigenvalue weighted by Crippen LogP contribution is -2.15. The van der Waals surface area contributed by atoms with Crippen LogP contribution in [0.4, 0.5) is 15.8 Å². The number of anilines is 2. The minimum absolute atomic E-state index is 0.328. The van der Waals surface area contributed by atoms with Gasteiger partial charge in [-0.25, -0.2) is 4.39 Å². The van der Waals surface area contributed by atoms with Crippen LogP contribution in [0.2, 0.25) is 0 Å². The van der Waals surface area contributed by atoms with Crippen molar-refractivity contribution in [1.82, 2.24) is 0 Å². The molecule has 0 aliphatic rings. The second-order valence-corrected chi connectivity index (χ2v) is 6.31. The zero-order chi connectivity index (χ0) is 14.9. The van der Waals surface area contributed by atoms with E-state index in [1.54, 1.807) is 6.07 Å². The van der Waals surface area contributed by atoms with E-state index in [9.17, 15) is 9.18 Å². The van der Waals surface area contributed by atoms with E-state index in [1.807, 2.05) is 35.6 Å². The molecular weight excluding hydrogens is 438 g/mol. The highest BCUT2D eigenvalue weighted by Crippen LogP contribution is 2.31. The molecule has 1 amide bonds. The number of halogens is 3. The van der Waals surface area contributed by atoms with Crippen LogP contribution in [0.3, 0.4) is 0 Å². The Morgan fingerprint density at radius 2 is 2.05 bits per heavy atom. The summed E-state index contributed by atoms with van der Waals surface area (Å²) < 4.78 is 14.3. The Morgan fingerprint density at radius 1 is 1.35 bits per heavy atom. The van der Waals surface area contributed by atoms with Gasteiger partial charge >= 0.3 is 0 Å². The monoisotopic (exact) mass is 448 g/mol. The van der Waals surface area contributed by atoms with Gasteiger partial charge in [-0.2, -0.15) is 0 Å². The first-order chi connectivity index (χ1) is 9.38. The number of amides is 1. The third-order valence-corrected chi connectivity index (χ3v) is 4.20. The van der Waals surface area contributed by atoms with Crippen molar-refractivity contribution in [3.63, 3.8) is 0 Å². The first-order valence-electron chi connectivity index (χ1n) is 5.70. The molecule has 6 heteroatoms. The average molecular weight is 449 g/mol. The molecule has 0 radical (unpaired) electrons. The number of benzene rings is 2. The quantitative estimate of drug-likeness (QED) is 0.530. The minimum Gasteiger partial charge on any atom is -0.397 e. The van der Waals surface area contributed by atoms with Crippen molar-refractivity contribution in [3.05, 3.63) is 55.3 Å². The summed E-state index contributed by atoms with van der Waals surface area (Å²) in [6, 6.07) is 7.65. The van der Waals surface area contributed by atoms with Gasteiger partial charge in [0.25, 0.3) is 5.91 Å². The molecule has 104 valence electrons. The molecule has 0 spiro atoms. The second kappa shape index (κ2) is 6.09. The van der Waals surface area contributed by atoms with Crippen LogP contribution in [0.5, 0.6) is 0 Å². The van der Waals surface area contributed by atoms with Crippen LogP contribution in [0.15, 0.2) is 34.8 Å². The molecule has 2 aromatic rings. The summed E-state index contributed by atoms with van der Waals surface area (Å²) >= 11 is 5.30. The van der Waals surface area contributed by atoms with Gasteiger partial charge in [0.15, 0.2) is 0 Å². The SMILES string of the molecule is Cc1cc(N)c(NC(=O)c2ccc(F)cc2I)c(Br)c1. The van der Waals surface area contributed by atoms with Crippen LogP contribution in [0.25, 0.3) is 0 Å². The van der Waals surface area contributed by atoms with Crippen molar-refractivity contribution in [2.45, 2.75) is 6.92 Å². The molecule has 0 aromatic heterocycles. The molecule has 0 saturated carbocycles. The van der Waals surface area contributed by atoms with Crippen molar-refractivity contribution in [2.24, 2.45) is 0 Å². The lowest BCUT2D eigenvalue weighted by molar-refractivity contribution is 0.102. The van der Waals surface area contributed by atoms with E-state index in [0.717, 1.165) is 5.56 Å². The summed E-state index contributed by atoms with van der Waals surface area (Å²) in [5, 5.41) is 2.74. The number of hydrogen-bond acceptors (Lipinski definition) is 2. The predicted octanol–water partition coefficient (Wildman–Crippen LogP) is 4.34. The first kappa shape index (κ1) is 15.2. The van der Waals surface area contributed by atoms with Crippen molar-refractivity contribution in [3.8, 4) is 0 Å². The number of aryl methyl sites for hydroxylation is 1. The van der Waals surface area contributed by atoms with Gasteiger partial charge in [0.2, 0.25) is 0 Å². The predicted molar refractivity (Wildman–Crippen MR) is 90.4 cm³/mol. The lowest BCUT2D eigenvalue weighted by atomic mass is 10.1. The van der Waals surface area contributed by atoms with Crippen LogP contribution in [-0.4, -0.2) is 5.91 Å². The number of rotatable bonds is 2. The normalized spacial score (nSPS) is 10.4. The molecule has 0 atom stereocenters. The van der Waals surface area contributed by atoms with Gasteiger partial charge < -0.3 is 11.1 Å². The highest BCUT2D eigenvalue weighted by atomic mass is 127. The summed E-state index contributed by atoms with van der Waals surface area (Å²) in [6.45, 7) is 1.91. The molecule has 0 fully saturated rings. The average Bonchev–Trinajstić information content (AvgIpc) is 2.33. The Bertz CT molecular complexity index is 668. The molecule has 0 aliphatic carbocycles. The molecule has 2 rings (SSSR count). The number of hydrogen-bond donors (Lipinski definition) is 2. The number of carbonyl (C=O) groups excluding carboxylic acids is 1. The minimum atomic E-state index is -0.373. The zero-order valence-electron chi connectivity index (χ0n) is 10.5. The molecule has 20 heavy (non-hydrogen) atoms. The third-order valence-electron chi connectivity index (χ3n) is 2.68. The summed E-state index contributed by atoms with van der Waals surface area (Å²) in [6.07, 6.45) is 0. The third kappa shape index (κ3) is 3.29. The maximum Gasteiger partial charge on any atom is 0.256 e. The molecule has 0 saturated heterocycles. The van der Waals surface area contributed by atoms with Gasteiger partial charge in [-0.3, -0.25) is 4.79 Å². The van der Waals surface area contributed by atoms with Crippen LogP contribution in [0.1, 0.15) is 15.9 Å². The lowest BCUT2D eigenvalue weighted by Gasteiger charge is -2.12. The summed E-state index contributed by atoms with van der Waals surface area (Å²) in [4.78, 5) is 12.2. The standard InChI is InChI=1S/C14H11BrFIN2O/c1-7-4-10(15)13(12(18)5-7)19-14(20)9-3-2-8(16)6-11(9)17/h2-6H,18H2,1H3,(H,19,20). The smallest absolute Gasteiger partial charge is 0.256 e. The van der Waals surface area contributed by atoms with E-state index in [-0.39, 0.29) is 11.7 Å². The van der Waals surface area contributed by atoms with Gasteiger partial charge in [0.1, 0.15) is 5.82 Å². The highest BCUT2D eigenvalue weighted by Gasteiger charge is 2.14. The zero-order valence-corrected chi connectivity index (χ0v) is 14.2. The Balaban J connectivity index is 2.33. The molecular formula is C14H11BrFIN2O. The Labute approximate surface area is 138 Å². The fraction of sp³-hybridized carbons (Fsp3) is 0.0714. The van der Waals surface area contributed by atoms with Crippen molar-refractivity contribution in [2.75, 3.05) is 11.1 Å². The number of nitrogens with one attached hydrogen (secondary N) is 1. The molecule has 0 unspecified atom stereocenters. The van der Waals surface area contributed by atoms with Crippen LogP contribution in [0, 0.1) is 16.3 Å². The number of nitrogen functional groups attached to an aromatic ring is 1. The van der Waals surface area contributed by atoms with E-state index in [0.29, 0.717) is 25.0 Å². The van der Waals surface area contributed by atoms with E-state index >= 15 is 0 Å². The van der Waals surface area contributed by atoms with E-state index in [1.165, 1.54) is 18.2 Å². The van der Waals surface area contributed by atoms with E-state index in [2.05, 4.69) is 21.2 Å². The maximum absolute atomic E-state index is 13.0. The van der Waals surface area contributed by atoms with Crippen LogP contribution < -0.4 is 11.1 Å². The van der Waals surface area contributed by atoms with Gasteiger partial charge in [-0.05, 0) is 81.3 Å². The van der Waals surface area contributed by atoms with E-state index < -0.39 is 0 Å². The summed E-state index contributed by atoms with van der Waals surface area (Å²) in [5.41, 5.74) is 8.28. The maximum atomic E-state index is 13.0. The molecule has 2 aromatic carbocycles.